The summed E-state index contributed by atoms with van der Waals surface area (Å²) in [7, 11) is 1.63. The zero-order chi connectivity index (χ0) is 12.4. The van der Waals surface area contributed by atoms with Gasteiger partial charge in [0.1, 0.15) is 0 Å². The minimum atomic E-state index is 0.648. The number of aromatic nitrogens is 1. The van der Waals surface area contributed by atoms with Crippen LogP contribution in [0.5, 0.6) is 5.88 Å². The van der Waals surface area contributed by atoms with Gasteiger partial charge in [-0.05, 0) is 29.3 Å². The third kappa shape index (κ3) is 1.93. The van der Waals surface area contributed by atoms with Crippen molar-refractivity contribution in [1.29, 1.82) is 0 Å². The van der Waals surface area contributed by atoms with Gasteiger partial charge in [-0.1, -0.05) is 36.4 Å². The molecule has 0 saturated heterocycles. The fraction of sp³-hybridized carbons (Fsp3) is 0.0625. The quantitative estimate of drug-likeness (QED) is 0.671. The first-order valence-electron chi connectivity index (χ1n) is 5.87. The van der Waals surface area contributed by atoms with Crippen LogP contribution < -0.4 is 4.74 Å². The fourth-order valence-corrected chi connectivity index (χ4v) is 2.03. The van der Waals surface area contributed by atoms with Crippen LogP contribution in [0, 0.1) is 0 Å². The van der Waals surface area contributed by atoms with Crippen molar-refractivity contribution in [1.82, 2.24) is 4.98 Å². The number of benzene rings is 2. The van der Waals surface area contributed by atoms with Gasteiger partial charge in [-0.15, -0.1) is 0 Å². The molecule has 0 radical (unpaired) electrons. The summed E-state index contributed by atoms with van der Waals surface area (Å²) in [6, 6.07) is 20.5. The highest BCUT2D eigenvalue weighted by molar-refractivity contribution is 5.84. The maximum atomic E-state index is 5.13. The lowest BCUT2D eigenvalue weighted by Gasteiger charge is -2.05. The van der Waals surface area contributed by atoms with E-state index in [1.165, 1.54) is 11.1 Å². The highest BCUT2D eigenvalue weighted by atomic mass is 16.5. The molecule has 0 aliphatic heterocycles. The van der Waals surface area contributed by atoms with Crippen molar-refractivity contribution in [2.75, 3.05) is 7.11 Å². The van der Waals surface area contributed by atoms with Crippen LogP contribution in [0.2, 0.25) is 0 Å². The van der Waals surface area contributed by atoms with Gasteiger partial charge in [0.05, 0.1) is 12.6 Å². The summed E-state index contributed by atoms with van der Waals surface area (Å²) < 4.78 is 5.13. The second kappa shape index (κ2) is 4.49. The van der Waals surface area contributed by atoms with Crippen LogP contribution in [0.15, 0.2) is 60.7 Å². The fourth-order valence-electron chi connectivity index (χ4n) is 2.03. The van der Waals surface area contributed by atoms with E-state index in [1.54, 1.807) is 7.11 Å². The molecule has 3 aromatic rings. The Morgan fingerprint density at radius 3 is 2.44 bits per heavy atom. The molecule has 0 aliphatic carbocycles. The van der Waals surface area contributed by atoms with Crippen LogP contribution in [0.1, 0.15) is 0 Å². The Labute approximate surface area is 106 Å². The van der Waals surface area contributed by atoms with Crippen LogP contribution in [0.3, 0.4) is 0 Å². The third-order valence-corrected chi connectivity index (χ3v) is 2.98. The monoisotopic (exact) mass is 235 g/mol. The zero-order valence-electron chi connectivity index (χ0n) is 10.1. The standard InChI is InChI=1S/C16H13NO/c1-18-16-10-8-14-11-13(7-9-15(14)17-16)12-5-3-2-4-6-12/h2-11H,1H3. The van der Waals surface area contributed by atoms with Gasteiger partial charge in [-0.25, -0.2) is 4.98 Å². The summed E-state index contributed by atoms with van der Waals surface area (Å²) >= 11 is 0. The molecule has 1 heterocycles. The lowest BCUT2D eigenvalue weighted by molar-refractivity contribution is 0.399. The molecule has 0 unspecified atom stereocenters. The Hall–Kier alpha value is -2.35. The van der Waals surface area contributed by atoms with Crippen LogP contribution in [0.25, 0.3) is 22.0 Å². The Balaban J connectivity index is 2.12. The highest BCUT2D eigenvalue weighted by Gasteiger charge is 2.01. The van der Waals surface area contributed by atoms with E-state index in [-0.39, 0.29) is 0 Å². The van der Waals surface area contributed by atoms with Crippen molar-refractivity contribution >= 4 is 10.9 Å². The van der Waals surface area contributed by atoms with Gasteiger partial charge < -0.3 is 4.74 Å². The summed E-state index contributed by atoms with van der Waals surface area (Å²) in [5, 5.41) is 1.12. The number of nitrogens with zero attached hydrogens (tertiary/aromatic N) is 1. The van der Waals surface area contributed by atoms with E-state index in [9.17, 15) is 0 Å². The van der Waals surface area contributed by atoms with Crippen molar-refractivity contribution in [3.05, 3.63) is 60.7 Å². The van der Waals surface area contributed by atoms with Crippen molar-refractivity contribution in [3.63, 3.8) is 0 Å². The molecule has 88 valence electrons. The van der Waals surface area contributed by atoms with Gasteiger partial charge in [0.15, 0.2) is 0 Å². The third-order valence-electron chi connectivity index (χ3n) is 2.98. The Bertz CT molecular complexity index is 677. The summed E-state index contributed by atoms with van der Waals surface area (Å²) in [5.41, 5.74) is 3.37. The van der Waals surface area contributed by atoms with Crippen molar-refractivity contribution in [3.8, 4) is 17.0 Å². The van der Waals surface area contributed by atoms with Crippen LogP contribution >= 0.6 is 0 Å². The lowest BCUT2D eigenvalue weighted by atomic mass is 10.0. The molecule has 18 heavy (non-hydrogen) atoms. The first kappa shape index (κ1) is 10.8. The Morgan fingerprint density at radius 1 is 0.833 bits per heavy atom. The maximum absolute atomic E-state index is 5.13. The van der Waals surface area contributed by atoms with E-state index >= 15 is 0 Å². The van der Waals surface area contributed by atoms with Gasteiger partial charge in [0, 0.05) is 11.5 Å². The molecule has 0 N–H and O–H groups in total. The van der Waals surface area contributed by atoms with E-state index in [4.69, 9.17) is 4.74 Å². The van der Waals surface area contributed by atoms with Crippen molar-refractivity contribution in [2.45, 2.75) is 0 Å². The molecule has 0 spiro atoms. The normalized spacial score (nSPS) is 10.5. The predicted octanol–water partition coefficient (Wildman–Crippen LogP) is 3.91. The molecular weight excluding hydrogens is 222 g/mol. The van der Waals surface area contributed by atoms with Crippen molar-refractivity contribution in [2.24, 2.45) is 0 Å². The lowest BCUT2D eigenvalue weighted by Crippen LogP contribution is -1.88. The number of rotatable bonds is 2. The van der Waals surface area contributed by atoms with Gasteiger partial charge in [0.25, 0.3) is 0 Å². The number of hydrogen-bond donors (Lipinski definition) is 0. The Kier molecular flexibility index (Phi) is 2.69. The predicted molar refractivity (Wildman–Crippen MR) is 73.7 cm³/mol. The van der Waals surface area contributed by atoms with E-state index in [0.717, 1.165) is 10.9 Å². The summed E-state index contributed by atoms with van der Waals surface area (Å²) in [6.45, 7) is 0. The molecule has 2 nitrogen and oxygen atoms in total. The Morgan fingerprint density at radius 2 is 1.67 bits per heavy atom. The largest absolute Gasteiger partial charge is 0.481 e. The second-order valence-corrected chi connectivity index (χ2v) is 4.13. The smallest absolute Gasteiger partial charge is 0.213 e. The minimum Gasteiger partial charge on any atom is -0.481 e. The molecular formula is C16H13NO. The van der Waals surface area contributed by atoms with Crippen molar-refractivity contribution < 1.29 is 4.74 Å². The summed E-state index contributed by atoms with van der Waals surface area (Å²) in [5.74, 6) is 0.648. The van der Waals surface area contributed by atoms with E-state index < -0.39 is 0 Å². The molecule has 2 aromatic carbocycles. The summed E-state index contributed by atoms with van der Waals surface area (Å²) in [4.78, 5) is 4.41. The average Bonchev–Trinajstić information content (AvgIpc) is 2.47. The van der Waals surface area contributed by atoms with Gasteiger partial charge in [0.2, 0.25) is 5.88 Å². The van der Waals surface area contributed by atoms with Crippen LogP contribution in [0.4, 0.5) is 0 Å². The number of fused-ring (bicyclic) bond motifs is 1. The number of hydrogen-bond acceptors (Lipinski definition) is 2. The molecule has 2 heteroatoms. The van der Waals surface area contributed by atoms with Gasteiger partial charge >= 0.3 is 0 Å². The van der Waals surface area contributed by atoms with E-state index in [0.29, 0.717) is 5.88 Å². The average molecular weight is 235 g/mol. The number of methoxy groups -OCH3 is 1. The van der Waals surface area contributed by atoms with Crippen LogP contribution in [-0.4, -0.2) is 12.1 Å². The molecule has 0 bridgehead atoms. The highest BCUT2D eigenvalue weighted by Crippen LogP contribution is 2.24. The SMILES string of the molecule is COc1ccc2cc(-c3ccccc3)ccc2n1. The molecule has 1 aromatic heterocycles. The molecule has 0 amide bonds. The van der Waals surface area contributed by atoms with Crippen LogP contribution in [-0.2, 0) is 0 Å². The molecule has 0 aliphatic rings. The number of ether oxygens (including phenoxy) is 1. The maximum Gasteiger partial charge on any atom is 0.213 e. The minimum absolute atomic E-state index is 0.648. The van der Waals surface area contributed by atoms with E-state index in [1.807, 2.05) is 36.4 Å². The molecule has 0 fully saturated rings. The number of pyridine rings is 1. The molecule has 0 atom stereocenters. The first-order valence-corrected chi connectivity index (χ1v) is 5.87. The molecule has 0 saturated carbocycles. The van der Waals surface area contributed by atoms with E-state index in [2.05, 4.69) is 29.2 Å². The van der Waals surface area contributed by atoms with Gasteiger partial charge in [-0.2, -0.15) is 0 Å². The van der Waals surface area contributed by atoms with Gasteiger partial charge in [-0.3, -0.25) is 0 Å². The topological polar surface area (TPSA) is 22.1 Å². The summed E-state index contributed by atoms with van der Waals surface area (Å²) in [6.07, 6.45) is 0. The zero-order valence-corrected chi connectivity index (χ0v) is 10.1. The molecule has 3 rings (SSSR count). The second-order valence-electron chi connectivity index (χ2n) is 4.13. The first-order chi connectivity index (χ1) is 8.86.